The Morgan fingerprint density at radius 2 is 2.06 bits per heavy atom. The molecule has 2 N–H and O–H groups in total. The third-order valence-electron chi connectivity index (χ3n) is 4.45. The van der Waals surface area contributed by atoms with Gasteiger partial charge in [-0.15, -0.1) is 10.2 Å². The van der Waals surface area contributed by atoms with Gasteiger partial charge in [0, 0.05) is 13.2 Å². The predicted molar refractivity (Wildman–Crippen MR) is 112 cm³/mol. The van der Waals surface area contributed by atoms with E-state index in [-0.39, 0.29) is 16.9 Å². The summed E-state index contributed by atoms with van der Waals surface area (Å²) in [6.45, 7) is 5.47. The van der Waals surface area contributed by atoms with Gasteiger partial charge in [0.2, 0.25) is 0 Å². The van der Waals surface area contributed by atoms with Crippen LogP contribution in [0.4, 0.5) is 16.3 Å². The number of halogens is 1. The molecule has 0 aliphatic heterocycles. The van der Waals surface area contributed by atoms with Gasteiger partial charge in [-0.05, 0) is 20.8 Å². The summed E-state index contributed by atoms with van der Waals surface area (Å²) in [4.78, 5) is 21.1. The highest BCUT2D eigenvalue weighted by Gasteiger charge is 2.19. The molecule has 0 spiro atoms. The standard InChI is InChI=1S/C18H19ClN10O2/c1-9-7-28-17(22-9)15(10(2)31-4)13(6-21-28)23-18(30)24-14-5-12(19)16(26-25-14)29-8-20-11(3)27-29/h5-8,10H,1-4H3,(H2,23,24,25,30). The Balaban J connectivity index is 1.56. The second-order valence-corrected chi connectivity index (χ2v) is 7.12. The zero-order valence-corrected chi connectivity index (χ0v) is 17.9. The van der Waals surface area contributed by atoms with E-state index in [1.807, 2.05) is 13.8 Å². The van der Waals surface area contributed by atoms with Crippen LogP contribution in [0.1, 0.15) is 30.1 Å². The van der Waals surface area contributed by atoms with Crippen LogP contribution < -0.4 is 10.6 Å². The molecule has 4 rings (SSSR count). The SMILES string of the molecule is COC(C)c1c(NC(=O)Nc2cc(Cl)c(-n3cnc(C)n3)nn2)cnn2cc(C)nc12. The molecule has 0 saturated carbocycles. The highest BCUT2D eigenvalue weighted by atomic mass is 35.5. The molecular formula is C18H19ClN10O2. The predicted octanol–water partition coefficient (Wildman–Crippen LogP) is 2.72. The van der Waals surface area contributed by atoms with Gasteiger partial charge in [-0.3, -0.25) is 5.32 Å². The quantitative estimate of drug-likeness (QED) is 0.481. The van der Waals surface area contributed by atoms with Gasteiger partial charge in [0.1, 0.15) is 12.2 Å². The Morgan fingerprint density at radius 3 is 2.74 bits per heavy atom. The fraction of sp³-hybridized carbons (Fsp3) is 0.278. The highest BCUT2D eigenvalue weighted by molar-refractivity contribution is 6.32. The number of urea groups is 1. The van der Waals surface area contributed by atoms with E-state index < -0.39 is 6.03 Å². The maximum absolute atomic E-state index is 12.6. The average molecular weight is 443 g/mol. The summed E-state index contributed by atoms with van der Waals surface area (Å²) in [7, 11) is 1.58. The largest absolute Gasteiger partial charge is 0.377 e. The Bertz CT molecular complexity index is 1270. The molecule has 0 radical (unpaired) electrons. The molecule has 1 unspecified atom stereocenters. The van der Waals surface area contributed by atoms with Crippen LogP contribution in [0, 0.1) is 13.8 Å². The van der Waals surface area contributed by atoms with Gasteiger partial charge in [-0.2, -0.15) is 14.9 Å². The summed E-state index contributed by atoms with van der Waals surface area (Å²) in [5.74, 6) is 1.03. The molecule has 2 amide bonds. The molecule has 0 aromatic carbocycles. The van der Waals surface area contributed by atoms with Gasteiger partial charge in [0.25, 0.3) is 0 Å². The first-order valence-electron chi connectivity index (χ1n) is 9.23. The first kappa shape index (κ1) is 20.6. The molecule has 31 heavy (non-hydrogen) atoms. The van der Waals surface area contributed by atoms with Crippen molar-refractivity contribution in [2.45, 2.75) is 26.9 Å². The summed E-state index contributed by atoms with van der Waals surface area (Å²) < 4.78 is 8.50. The minimum absolute atomic E-state index is 0.162. The van der Waals surface area contributed by atoms with Crippen LogP contribution in [0.5, 0.6) is 0 Å². The molecule has 0 saturated heterocycles. The van der Waals surface area contributed by atoms with Crippen molar-refractivity contribution in [2.24, 2.45) is 0 Å². The number of rotatable bonds is 5. The van der Waals surface area contributed by atoms with Gasteiger partial charge in [0.15, 0.2) is 17.3 Å². The minimum atomic E-state index is -0.548. The van der Waals surface area contributed by atoms with E-state index in [0.717, 1.165) is 5.69 Å². The number of carbonyl (C=O) groups excluding carboxylic acids is 1. The number of amides is 2. The van der Waals surface area contributed by atoms with E-state index in [1.54, 1.807) is 24.7 Å². The molecule has 0 bridgehead atoms. The molecule has 0 aliphatic rings. The number of ether oxygens (including phenoxy) is 1. The van der Waals surface area contributed by atoms with Crippen LogP contribution >= 0.6 is 11.6 Å². The van der Waals surface area contributed by atoms with Gasteiger partial charge in [0.05, 0.1) is 40.5 Å². The molecule has 1 atom stereocenters. The van der Waals surface area contributed by atoms with Gasteiger partial charge in [-0.1, -0.05) is 11.6 Å². The van der Waals surface area contributed by atoms with E-state index in [4.69, 9.17) is 16.3 Å². The van der Waals surface area contributed by atoms with Crippen molar-refractivity contribution in [3.63, 3.8) is 0 Å². The van der Waals surface area contributed by atoms with Crippen molar-refractivity contribution in [3.8, 4) is 5.82 Å². The second kappa shape index (κ2) is 8.24. The number of aromatic nitrogens is 8. The molecule has 160 valence electrons. The fourth-order valence-corrected chi connectivity index (χ4v) is 3.21. The lowest BCUT2D eigenvalue weighted by atomic mass is 10.1. The van der Waals surface area contributed by atoms with Crippen LogP contribution in [-0.2, 0) is 4.74 Å². The zero-order valence-electron chi connectivity index (χ0n) is 17.2. The normalized spacial score (nSPS) is 12.2. The van der Waals surface area contributed by atoms with Gasteiger partial charge in [-0.25, -0.2) is 19.3 Å². The third kappa shape index (κ3) is 4.15. The summed E-state index contributed by atoms with van der Waals surface area (Å²) in [6.07, 6.45) is 4.47. The van der Waals surface area contributed by atoms with Crippen LogP contribution in [-0.4, -0.2) is 52.7 Å². The Hall–Kier alpha value is -3.64. The van der Waals surface area contributed by atoms with Gasteiger partial charge < -0.3 is 10.1 Å². The Morgan fingerprint density at radius 1 is 1.26 bits per heavy atom. The number of carbonyl (C=O) groups is 1. The topological polar surface area (TPSA) is 137 Å². The number of nitrogens with one attached hydrogen (secondary N) is 2. The second-order valence-electron chi connectivity index (χ2n) is 6.72. The molecular weight excluding hydrogens is 424 g/mol. The molecule has 4 heterocycles. The van der Waals surface area contributed by atoms with Crippen molar-refractivity contribution in [2.75, 3.05) is 17.7 Å². The summed E-state index contributed by atoms with van der Waals surface area (Å²) >= 11 is 6.27. The third-order valence-corrected chi connectivity index (χ3v) is 4.73. The molecule has 4 aromatic heterocycles. The Kier molecular flexibility index (Phi) is 5.48. The van der Waals surface area contributed by atoms with E-state index in [1.165, 1.54) is 23.3 Å². The fourth-order valence-electron chi connectivity index (χ4n) is 2.98. The first-order chi connectivity index (χ1) is 14.9. The molecule has 0 fully saturated rings. The van der Waals surface area contributed by atoms with Crippen LogP contribution in [0.15, 0.2) is 24.8 Å². The van der Waals surface area contributed by atoms with Crippen molar-refractivity contribution >= 4 is 34.8 Å². The number of methoxy groups -OCH3 is 1. The molecule has 0 aliphatic carbocycles. The van der Waals surface area contributed by atoms with Gasteiger partial charge >= 0.3 is 6.03 Å². The zero-order chi connectivity index (χ0) is 22.1. The maximum atomic E-state index is 12.6. The summed E-state index contributed by atoms with van der Waals surface area (Å²) in [5, 5.41) is 22.0. The minimum Gasteiger partial charge on any atom is -0.377 e. The lowest BCUT2D eigenvalue weighted by Crippen LogP contribution is -2.22. The van der Waals surface area contributed by atoms with E-state index in [9.17, 15) is 4.79 Å². The number of hydrogen-bond acceptors (Lipinski definition) is 8. The number of hydrogen-bond donors (Lipinski definition) is 2. The van der Waals surface area contributed by atoms with Crippen molar-refractivity contribution in [3.05, 3.63) is 46.9 Å². The lowest BCUT2D eigenvalue weighted by Gasteiger charge is -2.16. The molecule has 4 aromatic rings. The van der Waals surface area contributed by atoms with Crippen LogP contribution in [0.25, 0.3) is 11.5 Å². The van der Waals surface area contributed by atoms with E-state index in [2.05, 4.69) is 41.0 Å². The summed E-state index contributed by atoms with van der Waals surface area (Å²) in [5.41, 5.74) is 2.55. The van der Waals surface area contributed by atoms with Crippen molar-refractivity contribution < 1.29 is 9.53 Å². The number of imidazole rings is 1. The van der Waals surface area contributed by atoms with Crippen molar-refractivity contribution in [1.29, 1.82) is 0 Å². The van der Waals surface area contributed by atoms with E-state index >= 15 is 0 Å². The smallest absolute Gasteiger partial charge is 0.324 e. The molecule has 12 nitrogen and oxygen atoms in total. The van der Waals surface area contributed by atoms with Crippen LogP contribution in [0.2, 0.25) is 5.02 Å². The number of anilines is 2. The number of fused-ring (bicyclic) bond motifs is 1. The monoisotopic (exact) mass is 442 g/mol. The van der Waals surface area contributed by atoms with E-state index in [0.29, 0.717) is 28.5 Å². The number of aryl methyl sites for hydroxylation is 2. The maximum Gasteiger partial charge on any atom is 0.324 e. The first-order valence-corrected chi connectivity index (χ1v) is 9.61. The lowest BCUT2D eigenvalue weighted by molar-refractivity contribution is 0.120. The van der Waals surface area contributed by atoms with Crippen molar-refractivity contribution in [1.82, 2.24) is 39.6 Å². The summed E-state index contributed by atoms with van der Waals surface area (Å²) in [6, 6.07) is 0.923. The highest BCUT2D eigenvalue weighted by Crippen LogP contribution is 2.28. The number of nitrogens with zero attached hydrogens (tertiary/aromatic N) is 8. The van der Waals surface area contributed by atoms with Crippen LogP contribution in [0.3, 0.4) is 0 Å². The average Bonchev–Trinajstić information content (AvgIpc) is 3.32. The molecule has 13 heteroatoms. The Labute approximate surface area is 181 Å².